The summed E-state index contributed by atoms with van der Waals surface area (Å²) in [6.07, 6.45) is 24.7. The molecule has 6 saturated carbocycles. The molecule has 1 aromatic rings. The summed E-state index contributed by atoms with van der Waals surface area (Å²) in [7, 11) is 0. The summed E-state index contributed by atoms with van der Waals surface area (Å²) < 4.78 is 0. The minimum atomic E-state index is -0.315. The molecule has 3 N–H and O–H groups in total. The summed E-state index contributed by atoms with van der Waals surface area (Å²) in [5.41, 5.74) is 7.14. The molecule has 99 heavy (non-hydrogen) atoms. The monoisotopic (exact) mass is 1380 g/mol. The Morgan fingerprint density at radius 1 is 0.434 bits per heavy atom. The number of rotatable bonds is 13. The predicted molar refractivity (Wildman–Crippen MR) is 436 cm³/mol. The molecule has 0 saturated heterocycles. The van der Waals surface area contributed by atoms with Gasteiger partial charge in [-0.15, -0.1) is 0 Å². The highest BCUT2D eigenvalue weighted by molar-refractivity contribution is 5.97. The zero-order valence-electron chi connectivity index (χ0n) is 70.0. The minimum absolute atomic E-state index is 0. The average molecular weight is 1380 g/mol. The first-order valence-electron chi connectivity index (χ1n) is 40.1. The molecule has 15 atom stereocenters. The van der Waals surface area contributed by atoms with Crippen molar-refractivity contribution in [3.63, 3.8) is 0 Å². The second-order valence-corrected chi connectivity index (χ2v) is 30.1. The van der Waals surface area contributed by atoms with Gasteiger partial charge < -0.3 is 11.1 Å². The molecule has 1 aromatic carbocycles. The highest BCUT2D eigenvalue weighted by Crippen LogP contribution is 2.50. The highest BCUT2D eigenvalue weighted by Gasteiger charge is 2.45. The number of allylic oxidation sites excluding steroid dienone is 1. The first-order valence-corrected chi connectivity index (χ1v) is 40.1. The summed E-state index contributed by atoms with van der Waals surface area (Å²) in [4.78, 5) is 11.7. The Bertz CT molecular complexity index is 2330. The summed E-state index contributed by atoms with van der Waals surface area (Å²) in [5, 5.41) is 56.1. The SMILES string of the molecule is C.C.CC.CC.CC.CC.CC.CC.CC(C)/C=C(/C#N)C(=O)NCc1ccccc1.CC(C)C1CCC1(C)C#N.CC(C)C1CCC1C(C)C#N.CC(C)C1CCCC1(C)C#N.CC(C)C1CCCC1C(C)C#N.CC(C)C1CCCCC1(C)C#N.CC(C)C1CCCCC1C(C)N. The van der Waals surface area contributed by atoms with Crippen molar-refractivity contribution in [1.29, 1.82) is 31.6 Å². The molecule has 1 amide bonds. The number of nitrogens with one attached hydrogen (secondary N) is 1. The van der Waals surface area contributed by atoms with Gasteiger partial charge in [-0.3, -0.25) is 4.79 Å². The zero-order chi connectivity index (χ0) is 76.8. The molecule has 15 unspecified atom stereocenters. The fraction of sp³-hybridized carbons (Fsp3) is 0.833. The standard InChI is InChI=1S/C14H16N2O.2C11H19N.C11H23N.2C10H17N.C9H15N.6C2H6.2CH4/c1-11(2)8-13(9-15)14(17)16-10-12-6-4-3-5-7-12;1-8(2)10-5-4-6-11(10)9(3)7-12;1-9(2)10-6-4-5-7-11(10,3)8-12;1-8(2)10-6-4-5-7-11(10)9(3)12;1-7(2)9-4-5-10(9)8(3)6-11;1-8(2)9-5-4-6-10(9,3)7-11;1-7(2)8-4-5-9(8,3)6-10;6*1-2;;/h3-8,11H,10H2,1-2H3,(H,16,17);8-11H,4-6H2,1-3H3;9-10H,4-7H2,1-3H3;8-11H,4-7,12H2,1-3H3;7-10H,4-5H2,1-3H3;8-9H,4-6H2,1-3H3;7-8H,4-5H2,1-3H3;6*1-2H3;2*1H4/b13-8-;;;;;;;;;;;;;;. The molecular formula is C90H170N8O. The van der Waals surface area contributed by atoms with Crippen molar-refractivity contribution in [2.45, 2.75) is 365 Å². The number of hydrogen-bond acceptors (Lipinski definition) is 8. The minimum Gasteiger partial charge on any atom is -0.347 e. The lowest BCUT2D eigenvalue weighted by Crippen LogP contribution is -2.39. The van der Waals surface area contributed by atoms with E-state index in [2.05, 4.69) is 160 Å². The summed E-state index contributed by atoms with van der Waals surface area (Å²) in [5.74, 6) is 11.3. The lowest BCUT2D eigenvalue weighted by atomic mass is 9.58. The molecule has 7 rings (SSSR count). The maximum Gasteiger partial charge on any atom is 0.261 e. The van der Waals surface area contributed by atoms with Crippen LogP contribution in [-0.4, -0.2) is 11.9 Å². The van der Waals surface area contributed by atoms with Crippen molar-refractivity contribution in [1.82, 2.24) is 5.32 Å². The molecule has 576 valence electrons. The lowest BCUT2D eigenvalue weighted by molar-refractivity contribution is -0.117. The molecule has 0 aromatic heterocycles. The number of hydrogen-bond donors (Lipinski definition) is 2. The summed E-state index contributed by atoms with van der Waals surface area (Å²) >= 11 is 0. The fourth-order valence-corrected chi connectivity index (χ4v) is 15.6. The molecule has 9 nitrogen and oxygen atoms in total. The number of amides is 1. The Morgan fingerprint density at radius 3 is 1.06 bits per heavy atom. The van der Waals surface area contributed by atoms with E-state index in [9.17, 15) is 4.79 Å². The Labute approximate surface area is 621 Å². The van der Waals surface area contributed by atoms with Gasteiger partial charge in [0, 0.05) is 24.4 Å². The van der Waals surface area contributed by atoms with Crippen LogP contribution in [0.5, 0.6) is 0 Å². The van der Waals surface area contributed by atoms with Gasteiger partial charge in [0.1, 0.15) is 11.6 Å². The molecule has 9 heteroatoms. The summed E-state index contributed by atoms with van der Waals surface area (Å²) in [6.45, 7) is 68.1. The van der Waals surface area contributed by atoms with E-state index in [1.165, 1.54) is 96.3 Å². The maximum atomic E-state index is 11.7. The molecule has 0 bridgehead atoms. The van der Waals surface area contributed by atoms with Crippen molar-refractivity contribution in [2.75, 3.05) is 0 Å². The number of nitrogens with zero attached hydrogens (tertiary/aromatic N) is 6. The molecule has 0 heterocycles. The van der Waals surface area contributed by atoms with E-state index in [1.807, 2.05) is 133 Å². The fourth-order valence-electron chi connectivity index (χ4n) is 15.6. The Balaban J connectivity index is -0.000000159. The van der Waals surface area contributed by atoms with Crippen LogP contribution in [0.2, 0.25) is 0 Å². The number of benzene rings is 1. The molecule has 6 aliphatic carbocycles. The smallest absolute Gasteiger partial charge is 0.261 e. The van der Waals surface area contributed by atoms with E-state index >= 15 is 0 Å². The van der Waals surface area contributed by atoms with E-state index in [4.69, 9.17) is 37.3 Å². The van der Waals surface area contributed by atoms with Crippen LogP contribution in [0.25, 0.3) is 0 Å². The van der Waals surface area contributed by atoms with E-state index in [-0.39, 0.29) is 60.3 Å². The van der Waals surface area contributed by atoms with Crippen molar-refractivity contribution in [3.8, 4) is 36.4 Å². The Hall–Kier alpha value is -4.67. The van der Waals surface area contributed by atoms with Crippen LogP contribution >= 0.6 is 0 Å². The molecular weight excluding hydrogens is 1210 g/mol. The molecule has 6 aliphatic rings. The average Bonchev–Trinajstić information content (AvgIpc) is 1.69. The van der Waals surface area contributed by atoms with E-state index < -0.39 is 0 Å². The predicted octanol–water partition coefficient (Wildman–Crippen LogP) is 27.6. The van der Waals surface area contributed by atoms with Crippen LogP contribution in [0.4, 0.5) is 0 Å². The number of carbonyl (C=O) groups excluding carboxylic acids is 1. The summed E-state index contributed by atoms with van der Waals surface area (Å²) in [6, 6.07) is 24.1. The molecule has 0 radical (unpaired) electrons. The van der Waals surface area contributed by atoms with Crippen LogP contribution in [0.15, 0.2) is 42.0 Å². The van der Waals surface area contributed by atoms with Crippen molar-refractivity contribution in [3.05, 3.63) is 47.5 Å². The quantitative estimate of drug-likeness (QED) is 0.144. The first-order chi connectivity index (χ1) is 45.9. The van der Waals surface area contributed by atoms with Crippen molar-refractivity contribution < 1.29 is 4.79 Å². The van der Waals surface area contributed by atoms with Crippen LogP contribution < -0.4 is 11.1 Å². The van der Waals surface area contributed by atoms with Gasteiger partial charge in [-0.25, -0.2) is 0 Å². The van der Waals surface area contributed by atoms with Crippen LogP contribution in [0, 0.1) is 191 Å². The second kappa shape index (κ2) is 64.2. The lowest BCUT2D eigenvalue weighted by Gasteiger charge is -2.44. The number of nitriles is 6. The van der Waals surface area contributed by atoms with Crippen LogP contribution in [0.3, 0.4) is 0 Å². The Morgan fingerprint density at radius 2 is 0.758 bits per heavy atom. The van der Waals surface area contributed by atoms with Gasteiger partial charge in [-0.1, -0.05) is 270 Å². The molecule has 0 aliphatic heterocycles. The van der Waals surface area contributed by atoms with Gasteiger partial charge in [0.25, 0.3) is 5.91 Å². The largest absolute Gasteiger partial charge is 0.347 e. The topological polar surface area (TPSA) is 198 Å². The number of nitrogens with two attached hydrogens (primary N) is 1. The van der Waals surface area contributed by atoms with Crippen LogP contribution in [0.1, 0.15) is 358 Å². The molecule has 6 fully saturated rings. The first kappa shape index (κ1) is 110. The van der Waals surface area contributed by atoms with E-state index in [1.54, 1.807) is 6.08 Å². The second-order valence-electron chi connectivity index (χ2n) is 30.1. The normalized spacial score (nSPS) is 26.4. The van der Waals surface area contributed by atoms with Gasteiger partial charge in [-0.05, 0) is 219 Å². The Kier molecular flexibility index (Phi) is 71.5. The van der Waals surface area contributed by atoms with Gasteiger partial charge in [0.15, 0.2) is 0 Å². The third kappa shape index (κ3) is 41.9. The maximum absolute atomic E-state index is 11.7. The van der Waals surface area contributed by atoms with Gasteiger partial charge >= 0.3 is 0 Å². The van der Waals surface area contributed by atoms with E-state index in [0.29, 0.717) is 59.9 Å². The third-order valence-electron chi connectivity index (χ3n) is 21.3. The third-order valence-corrected chi connectivity index (χ3v) is 21.3. The highest BCUT2D eigenvalue weighted by atomic mass is 16.1. The van der Waals surface area contributed by atoms with Crippen LogP contribution in [-0.2, 0) is 11.3 Å². The van der Waals surface area contributed by atoms with Gasteiger partial charge in [0.05, 0.1) is 46.6 Å². The van der Waals surface area contributed by atoms with Gasteiger partial charge in [0.2, 0.25) is 0 Å². The van der Waals surface area contributed by atoms with Crippen molar-refractivity contribution in [2.24, 2.45) is 129 Å². The number of carbonyl (C=O) groups is 1. The zero-order valence-corrected chi connectivity index (χ0v) is 70.0. The molecule has 0 spiro atoms. The van der Waals surface area contributed by atoms with Gasteiger partial charge in [-0.2, -0.15) is 31.6 Å². The van der Waals surface area contributed by atoms with Crippen molar-refractivity contribution >= 4 is 5.91 Å². The van der Waals surface area contributed by atoms with E-state index in [0.717, 1.165) is 66.3 Å².